The topological polar surface area (TPSA) is 53.2 Å². The maximum absolute atomic E-state index is 12.9. The lowest BCUT2D eigenvalue weighted by molar-refractivity contribution is 0.413. The summed E-state index contributed by atoms with van der Waals surface area (Å²) in [5.74, 6) is 0. The normalized spacial score (nSPS) is 15.1. The average molecular weight is 263 g/mol. The summed E-state index contributed by atoms with van der Waals surface area (Å²) in [4.78, 5) is 0. The molecule has 0 amide bonds. The van der Waals surface area contributed by atoms with Crippen molar-refractivity contribution in [2.24, 2.45) is 0 Å². The molecule has 0 fully saturated rings. The molecule has 4 nitrogen and oxygen atoms in total. The summed E-state index contributed by atoms with van der Waals surface area (Å²) >= 11 is 0. The summed E-state index contributed by atoms with van der Waals surface area (Å²) in [7, 11) is -2.83. The van der Waals surface area contributed by atoms with Gasteiger partial charge in [-0.2, -0.15) is 0 Å². The lowest BCUT2D eigenvalue weighted by atomic mass is 10.1. The number of nitrogens with one attached hydrogen (secondary N) is 3. The van der Waals surface area contributed by atoms with Gasteiger partial charge in [-0.05, 0) is 62.3 Å². The van der Waals surface area contributed by atoms with Crippen LogP contribution in [-0.4, -0.2) is 16.6 Å². The molecular formula is C12H30N3OP. The fourth-order valence-electron chi connectivity index (χ4n) is 1.50. The molecule has 0 saturated heterocycles. The largest absolute Gasteiger partial charge is 0.280 e. The molecule has 104 valence electrons. The van der Waals surface area contributed by atoms with Gasteiger partial charge in [0.2, 0.25) is 0 Å². The van der Waals surface area contributed by atoms with Crippen molar-refractivity contribution < 1.29 is 4.57 Å². The molecule has 0 aliphatic heterocycles. The van der Waals surface area contributed by atoms with Crippen LogP contribution in [0.5, 0.6) is 0 Å². The van der Waals surface area contributed by atoms with E-state index in [9.17, 15) is 4.57 Å². The second-order valence-corrected chi connectivity index (χ2v) is 9.58. The Morgan fingerprint density at radius 3 is 0.882 bits per heavy atom. The molecular weight excluding hydrogens is 233 g/mol. The molecule has 0 rings (SSSR count). The standard InChI is InChI=1S/C12H30N3OP/c1-10(2,3)13-17(16,14-11(4,5)6)15-12(7,8)9/h1-9H3,(H3,13,14,15,16). The molecule has 3 N–H and O–H groups in total. The van der Waals surface area contributed by atoms with Crippen molar-refractivity contribution in [2.45, 2.75) is 78.9 Å². The minimum atomic E-state index is -2.83. The highest BCUT2D eigenvalue weighted by Crippen LogP contribution is 2.39. The van der Waals surface area contributed by atoms with Crippen LogP contribution in [0, 0.1) is 0 Å². The first-order valence-corrected chi connectivity index (χ1v) is 7.81. The van der Waals surface area contributed by atoms with Crippen molar-refractivity contribution in [3.63, 3.8) is 0 Å². The molecule has 0 aromatic carbocycles. The van der Waals surface area contributed by atoms with Crippen LogP contribution >= 0.6 is 7.59 Å². The highest BCUT2D eigenvalue weighted by atomic mass is 31.2. The molecule has 0 heterocycles. The van der Waals surface area contributed by atoms with E-state index in [0.717, 1.165) is 0 Å². The Hall–Kier alpha value is 0.110. The maximum Gasteiger partial charge on any atom is 0.280 e. The van der Waals surface area contributed by atoms with E-state index < -0.39 is 7.59 Å². The predicted molar refractivity (Wildman–Crippen MR) is 76.3 cm³/mol. The Morgan fingerprint density at radius 2 is 0.765 bits per heavy atom. The van der Waals surface area contributed by atoms with E-state index in [1.54, 1.807) is 0 Å². The van der Waals surface area contributed by atoms with Crippen LogP contribution in [-0.2, 0) is 4.57 Å². The summed E-state index contributed by atoms with van der Waals surface area (Å²) in [6.07, 6.45) is 0. The van der Waals surface area contributed by atoms with Gasteiger partial charge in [0.1, 0.15) is 0 Å². The Balaban J connectivity index is 5.03. The first kappa shape index (κ1) is 17.1. The highest BCUT2D eigenvalue weighted by molar-refractivity contribution is 7.57. The zero-order valence-corrected chi connectivity index (χ0v) is 13.7. The Labute approximate surface area is 107 Å². The Bertz CT molecular complexity index is 247. The van der Waals surface area contributed by atoms with Crippen LogP contribution in [0.1, 0.15) is 62.3 Å². The van der Waals surface area contributed by atoms with Crippen molar-refractivity contribution in [3.05, 3.63) is 0 Å². The van der Waals surface area contributed by atoms with Crippen molar-refractivity contribution in [1.29, 1.82) is 0 Å². The van der Waals surface area contributed by atoms with Gasteiger partial charge < -0.3 is 0 Å². The van der Waals surface area contributed by atoms with Crippen LogP contribution in [0.25, 0.3) is 0 Å². The third kappa shape index (κ3) is 9.78. The van der Waals surface area contributed by atoms with Gasteiger partial charge in [-0.1, -0.05) is 0 Å². The molecule has 0 saturated carbocycles. The van der Waals surface area contributed by atoms with E-state index in [1.807, 2.05) is 62.3 Å². The van der Waals surface area contributed by atoms with Crippen molar-refractivity contribution in [1.82, 2.24) is 15.3 Å². The van der Waals surface area contributed by atoms with E-state index in [1.165, 1.54) is 0 Å². The molecule has 0 bridgehead atoms. The highest BCUT2D eigenvalue weighted by Gasteiger charge is 2.34. The van der Waals surface area contributed by atoms with E-state index >= 15 is 0 Å². The first-order valence-electron chi connectivity index (χ1n) is 6.10. The molecule has 0 unspecified atom stereocenters. The number of rotatable bonds is 3. The van der Waals surface area contributed by atoms with Gasteiger partial charge in [-0.15, -0.1) is 0 Å². The Kier molecular flexibility index (Phi) is 5.04. The molecule has 0 aromatic rings. The summed E-state index contributed by atoms with van der Waals surface area (Å²) in [5.41, 5.74) is -0.649. The van der Waals surface area contributed by atoms with E-state index in [2.05, 4.69) is 15.3 Å². The third-order valence-electron chi connectivity index (χ3n) is 1.48. The zero-order valence-electron chi connectivity index (χ0n) is 12.9. The quantitative estimate of drug-likeness (QED) is 0.684. The molecule has 17 heavy (non-hydrogen) atoms. The van der Waals surface area contributed by atoms with Crippen molar-refractivity contribution in [3.8, 4) is 0 Å². The van der Waals surface area contributed by atoms with Gasteiger partial charge >= 0.3 is 0 Å². The van der Waals surface area contributed by atoms with Gasteiger partial charge in [0, 0.05) is 16.6 Å². The van der Waals surface area contributed by atoms with Gasteiger partial charge in [-0.25, -0.2) is 15.3 Å². The van der Waals surface area contributed by atoms with Gasteiger partial charge in [-0.3, -0.25) is 4.57 Å². The van der Waals surface area contributed by atoms with Gasteiger partial charge in [0.15, 0.2) is 0 Å². The second-order valence-electron chi connectivity index (χ2n) is 7.69. The minimum absolute atomic E-state index is 0.216. The fourth-order valence-corrected chi connectivity index (χ4v) is 4.50. The molecule has 0 aromatic heterocycles. The summed E-state index contributed by atoms with van der Waals surface area (Å²) < 4.78 is 12.9. The third-order valence-corrected chi connectivity index (χ3v) is 4.44. The van der Waals surface area contributed by atoms with Crippen LogP contribution in [0.3, 0.4) is 0 Å². The smallest absolute Gasteiger partial charge is 0.271 e. The van der Waals surface area contributed by atoms with Crippen molar-refractivity contribution >= 4 is 7.59 Å². The molecule has 0 radical (unpaired) electrons. The SMILES string of the molecule is CC(C)(C)NP(=O)(NC(C)(C)C)NC(C)(C)C. The van der Waals surface area contributed by atoms with Gasteiger partial charge in [0.25, 0.3) is 7.59 Å². The second kappa shape index (κ2) is 5.00. The average Bonchev–Trinajstić information content (AvgIpc) is 1.65. The molecule has 0 aliphatic rings. The monoisotopic (exact) mass is 263 g/mol. The number of hydrogen-bond donors (Lipinski definition) is 3. The molecule has 0 spiro atoms. The summed E-state index contributed by atoms with van der Waals surface area (Å²) in [5, 5.41) is 9.54. The summed E-state index contributed by atoms with van der Waals surface area (Å²) in [6, 6.07) is 0. The van der Waals surface area contributed by atoms with Crippen LogP contribution in [0.2, 0.25) is 0 Å². The van der Waals surface area contributed by atoms with Crippen LogP contribution in [0.15, 0.2) is 0 Å². The van der Waals surface area contributed by atoms with E-state index in [4.69, 9.17) is 0 Å². The molecule has 0 aliphatic carbocycles. The van der Waals surface area contributed by atoms with Crippen LogP contribution in [0.4, 0.5) is 0 Å². The lowest BCUT2D eigenvalue weighted by Crippen LogP contribution is -2.51. The van der Waals surface area contributed by atoms with Gasteiger partial charge in [0.05, 0.1) is 0 Å². The van der Waals surface area contributed by atoms with E-state index in [0.29, 0.717) is 0 Å². The maximum atomic E-state index is 12.9. The predicted octanol–water partition coefficient (Wildman–Crippen LogP) is 3.26. The number of hydrogen-bond acceptors (Lipinski definition) is 1. The minimum Gasteiger partial charge on any atom is -0.271 e. The van der Waals surface area contributed by atoms with E-state index in [-0.39, 0.29) is 16.6 Å². The fraction of sp³-hybridized carbons (Fsp3) is 1.00. The molecule has 0 atom stereocenters. The first-order chi connectivity index (χ1) is 7.12. The molecule has 5 heteroatoms. The summed E-state index contributed by atoms with van der Waals surface area (Å²) in [6.45, 7) is 18.1. The van der Waals surface area contributed by atoms with Crippen LogP contribution < -0.4 is 15.3 Å². The lowest BCUT2D eigenvalue weighted by Gasteiger charge is -2.38. The zero-order chi connectivity index (χ0) is 14.1. The van der Waals surface area contributed by atoms with Crippen molar-refractivity contribution in [2.75, 3.05) is 0 Å². The Morgan fingerprint density at radius 1 is 0.588 bits per heavy atom.